The second-order valence-electron chi connectivity index (χ2n) is 3.57. The molecule has 0 atom stereocenters. The van der Waals surface area contributed by atoms with E-state index in [1.54, 1.807) is 24.3 Å². The molecule has 18 heavy (non-hydrogen) atoms. The Morgan fingerprint density at radius 2 is 1.72 bits per heavy atom. The van der Waals surface area contributed by atoms with Gasteiger partial charge in [0.15, 0.2) is 0 Å². The maximum atomic E-state index is 10.4. The highest BCUT2D eigenvalue weighted by molar-refractivity contribution is 7.46. The number of phosphoric acid groups is 1. The van der Waals surface area contributed by atoms with Crippen molar-refractivity contribution in [3.8, 4) is 5.75 Å². The molecule has 0 saturated heterocycles. The number of unbranched alkanes of at least 4 members (excludes halogenated alkanes) is 1. The summed E-state index contributed by atoms with van der Waals surface area (Å²) < 4.78 is 20.0. The van der Waals surface area contributed by atoms with E-state index in [1.807, 2.05) is 0 Å². The molecule has 7 heteroatoms. The molecule has 2 N–H and O–H groups in total. The maximum absolute atomic E-state index is 10.4. The van der Waals surface area contributed by atoms with Crippen LogP contribution in [0.25, 0.3) is 0 Å². The Bertz CT molecular complexity index is 410. The number of rotatable bonds is 8. The number of ether oxygens (including phenoxy) is 1. The van der Waals surface area contributed by atoms with Crippen LogP contribution in [0.3, 0.4) is 0 Å². The standard InChI is InChI=1S/C11H15O6P/c12-9-10-3-5-11(6-4-10)16-7-1-2-8-17-18(13,14)15/h3-6,9H,1-2,7-8H2,(H2,13,14,15). The van der Waals surface area contributed by atoms with E-state index in [4.69, 9.17) is 14.5 Å². The van der Waals surface area contributed by atoms with Crippen molar-refractivity contribution in [2.45, 2.75) is 12.8 Å². The molecule has 0 radical (unpaired) electrons. The van der Waals surface area contributed by atoms with Crippen molar-refractivity contribution < 1.29 is 28.4 Å². The van der Waals surface area contributed by atoms with E-state index in [0.717, 1.165) is 6.29 Å². The average Bonchev–Trinajstić information content (AvgIpc) is 2.33. The third-order valence-corrected chi connectivity index (χ3v) is 2.60. The average molecular weight is 274 g/mol. The van der Waals surface area contributed by atoms with Gasteiger partial charge in [-0.2, -0.15) is 0 Å². The van der Waals surface area contributed by atoms with E-state index >= 15 is 0 Å². The Morgan fingerprint density at radius 1 is 1.11 bits per heavy atom. The van der Waals surface area contributed by atoms with Crippen molar-refractivity contribution in [3.63, 3.8) is 0 Å². The third-order valence-electron chi connectivity index (χ3n) is 2.08. The third kappa shape index (κ3) is 6.51. The zero-order valence-electron chi connectivity index (χ0n) is 9.69. The van der Waals surface area contributed by atoms with Gasteiger partial charge >= 0.3 is 7.82 Å². The van der Waals surface area contributed by atoms with Crippen molar-refractivity contribution in [2.75, 3.05) is 13.2 Å². The Morgan fingerprint density at radius 3 is 2.28 bits per heavy atom. The summed E-state index contributed by atoms with van der Waals surface area (Å²) in [5, 5.41) is 0. The van der Waals surface area contributed by atoms with Gasteiger partial charge in [-0.05, 0) is 37.1 Å². The summed E-state index contributed by atoms with van der Waals surface area (Å²) in [5.41, 5.74) is 0.581. The normalized spacial score (nSPS) is 11.2. The lowest BCUT2D eigenvalue weighted by Crippen LogP contribution is -2.00. The number of carbonyl (C=O) groups is 1. The number of benzene rings is 1. The first kappa shape index (κ1) is 14.9. The van der Waals surface area contributed by atoms with Crippen molar-refractivity contribution in [1.29, 1.82) is 0 Å². The minimum atomic E-state index is -4.36. The number of aldehydes is 1. The van der Waals surface area contributed by atoms with E-state index in [0.29, 0.717) is 30.8 Å². The summed E-state index contributed by atoms with van der Waals surface area (Å²) in [6.45, 7) is 0.419. The first-order valence-corrected chi connectivity index (χ1v) is 6.92. The second kappa shape index (κ2) is 7.28. The number of hydrogen-bond acceptors (Lipinski definition) is 4. The summed E-state index contributed by atoms with van der Waals surface area (Å²) in [6, 6.07) is 6.68. The molecule has 0 aliphatic rings. The second-order valence-corrected chi connectivity index (χ2v) is 4.81. The Labute approximate surface area is 105 Å². The predicted molar refractivity (Wildman–Crippen MR) is 64.6 cm³/mol. The van der Waals surface area contributed by atoms with E-state index < -0.39 is 7.82 Å². The molecule has 0 aromatic heterocycles. The SMILES string of the molecule is O=Cc1ccc(OCCCCOP(=O)(O)O)cc1. The van der Waals surface area contributed by atoms with Crippen molar-refractivity contribution in [3.05, 3.63) is 29.8 Å². The summed E-state index contributed by atoms with van der Waals surface area (Å²) >= 11 is 0. The quantitative estimate of drug-likeness (QED) is 0.426. The summed E-state index contributed by atoms with van der Waals surface area (Å²) in [7, 11) is -4.36. The van der Waals surface area contributed by atoms with Crippen LogP contribution >= 0.6 is 7.82 Å². The van der Waals surface area contributed by atoms with E-state index in [2.05, 4.69) is 4.52 Å². The molecule has 0 bridgehead atoms. The van der Waals surface area contributed by atoms with Gasteiger partial charge in [-0.3, -0.25) is 9.32 Å². The highest BCUT2D eigenvalue weighted by Gasteiger charge is 2.12. The first-order chi connectivity index (χ1) is 8.51. The van der Waals surface area contributed by atoms with Gasteiger partial charge < -0.3 is 14.5 Å². The maximum Gasteiger partial charge on any atom is 0.469 e. The minimum absolute atomic E-state index is 0.00226. The van der Waals surface area contributed by atoms with Crippen LogP contribution in [0.1, 0.15) is 23.2 Å². The largest absolute Gasteiger partial charge is 0.494 e. The van der Waals surface area contributed by atoms with Gasteiger partial charge in [0.1, 0.15) is 12.0 Å². The number of hydrogen-bond donors (Lipinski definition) is 2. The molecule has 1 aromatic rings. The van der Waals surface area contributed by atoms with Crippen molar-refractivity contribution in [1.82, 2.24) is 0 Å². The molecule has 6 nitrogen and oxygen atoms in total. The van der Waals surface area contributed by atoms with Gasteiger partial charge in [0.05, 0.1) is 13.2 Å². The lowest BCUT2D eigenvalue weighted by molar-refractivity contribution is 0.112. The summed E-state index contributed by atoms with van der Waals surface area (Å²) in [4.78, 5) is 27.3. The van der Waals surface area contributed by atoms with E-state index in [9.17, 15) is 9.36 Å². The molecule has 0 fully saturated rings. The first-order valence-electron chi connectivity index (χ1n) is 5.39. The van der Waals surface area contributed by atoms with Crippen LogP contribution in [0.2, 0.25) is 0 Å². The van der Waals surface area contributed by atoms with E-state index in [-0.39, 0.29) is 6.61 Å². The van der Waals surface area contributed by atoms with Crippen LogP contribution in [-0.2, 0) is 9.09 Å². The molecule has 0 spiro atoms. The van der Waals surface area contributed by atoms with Crippen molar-refractivity contribution >= 4 is 14.1 Å². The molecule has 0 saturated carbocycles. The highest BCUT2D eigenvalue weighted by Crippen LogP contribution is 2.35. The molecular weight excluding hydrogens is 259 g/mol. The number of phosphoric ester groups is 1. The molecule has 100 valence electrons. The molecule has 0 aliphatic heterocycles. The predicted octanol–water partition coefficient (Wildman–Crippen LogP) is 1.77. The van der Waals surface area contributed by atoms with Gasteiger partial charge in [-0.25, -0.2) is 4.57 Å². The number of carbonyl (C=O) groups excluding carboxylic acids is 1. The van der Waals surface area contributed by atoms with Gasteiger partial charge in [0, 0.05) is 5.56 Å². The minimum Gasteiger partial charge on any atom is -0.494 e. The van der Waals surface area contributed by atoms with Crippen molar-refractivity contribution in [2.24, 2.45) is 0 Å². The zero-order chi connectivity index (χ0) is 13.4. The molecular formula is C11H15O6P. The van der Waals surface area contributed by atoms with Gasteiger partial charge in [0.2, 0.25) is 0 Å². The fourth-order valence-electron chi connectivity index (χ4n) is 1.22. The molecule has 1 rings (SSSR count). The van der Waals surface area contributed by atoms with Gasteiger partial charge in [0.25, 0.3) is 0 Å². The van der Waals surface area contributed by atoms with E-state index in [1.165, 1.54) is 0 Å². The molecule has 0 heterocycles. The van der Waals surface area contributed by atoms with Gasteiger partial charge in [-0.15, -0.1) is 0 Å². The Kier molecular flexibility index (Phi) is 6.01. The molecule has 0 aliphatic carbocycles. The van der Waals surface area contributed by atoms with Crippen LogP contribution in [0.15, 0.2) is 24.3 Å². The van der Waals surface area contributed by atoms with Crippen LogP contribution in [-0.4, -0.2) is 29.3 Å². The fourth-order valence-corrected chi connectivity index (χ4v) is 1.59. The molecule has 1 aromatic carbocycles. The summed E-state index contributed by atoms with van der Waals surface area (Å²) in [5.74, 6) is 0.650. The molecule has 0 amide bonds. The monoisotopic (exact) mass is 274 g/mol. The van der Waals surface area contributed by atoms with Crippen LogP contribution in [0.4, 0.5) is 0 Å². The fraction of sp³-hybridized carbons (Fsp3) is 0.364. The zero-order valence-corrected chi connectivity index (χ0v) is 10.6. The Hall–Kier alpha value is -1.20. The lowest BCUT2D eigenvalue weighted by atomic mass is 10.2. The molecule has 0 unspecified atom stereocenters. The van der Waals surface area contributed by atoms with Crippen LogP contribution in [0, 0.1) is 0 Å². The topological polar surface area (TPSA) is 93.1 Å². The summed E-state index contributed by atoms with van der Waals surface area (Å²) in [6.07, 6.45) is 1.87. The highest BCUT2D eigenvalue weighted by atomic mass is 31.2. The Balaban J connectivity index is 2.14. The smallest absolute Gasteiger partial charge is 0.469 e. The van der Waals surface area contributed by atoms with Gasteiger partial charge in [-0.1, -0.05) is 0 Å². The van der Waals surface area contributed by atoms with Crippen LogP contribution in [0.5, 0.6) is 5.75 Å². The van der Waals surface area contributed by atoms with Crippen LogP contribution < -0.4 is 4.74 Å². The lowest BCUT2D eigenvalue weighted by Gasteiger charge is -2.07.